The van der Waals surface area contributed by atoms with Crippen LogP contribution in [0.25, 0.3) is 0 Å². The Balaban J connectivity index is 1.65. The van der Waals surface area contributed by atoms with E-state index in [1.54, 1.807) is 13.2 Å². The molecule has 0 saturated carbocycles. The number of rotatable bonds is 6. The summed E-state index contributed by atoms with van der Waals surface area (Å²) in [6.45, 7) is 3.88. The van der Waals surface area contributed by atoms with Gasteiger partial charge in [0.1, 0.15) is 11.8 Å². The van der Waals surface area contributed by atoms with Gasteiger partial charge in [0.15, 0.2) is 5.17 Å². The molecule has 1 amide bonds. The van der Waals surface area contributed by atoms with Crippen molar-refractivity contribution in [3.05, 3.63) is 105 Å². The smallest absolute Gasteiger partial charge is 0.255 e. The van der Waals surface area contributed by atoms with Crippen molar-refractivity contribution < 1.29 is 9.53 Å². The number of methoxy groups -OCH3 is 1. The van der Waals surface area contributed by atoms with E-state index in [-0.39, 0.29) is 5.91 Å². The highest BCUT2D eigenvalue weighted by atomic mass is 35.5. The molecule has 0 spiro atoms. The number of hydrogen-bond acceptors (Lipinski definition) is 5. The summed E-state index contributed by atoms with van der Waals surface area (Å²) >= 11 is 13.8. The maximum atomic E-state index is 13.4. The number of para-hydroxylation sites is 1. The third-order valence-electron chi connectivity index (χ3n) is 5.60. The average molecular weight is 526 g/mol. The van der Waals surface area contributed by atoms with Gasteiger partial charge in [-0.1, -0.05) is 71.4 Å². The number of hydrogen-bond donors (Lipinski definition) is 2. The number of anilines is 1. The summed E-state index contributed by atoms with van der Waals surface area (Å²) in [4.78, 5) is 18.3. The first kappa shape index (κ1) is 25.2. The minimum absolute atomic E-state index is 0.206. The zero-order valence-electron chi connectivity index (χ0n) is 19.6. The molecule has 0 unspecified atom stereocenters. The zero-order chi connectivity index (χ0) is 24.9. The van der Waals surface area contributed by atoms with Gasteiger partial charge in [0.05, 0.1) is 22.7 Å². The molecule has 2 N–H and O–H groups in total. The molecule has 0 radical (unpaired) electrons. The first-order valence-electron chi connectivity index (χ1n) is 11.0. The van der Waals surface area contributed by atoms with Crippen molar-refractivity contribution >= 4 is 51.7 Å². The number of amides is 1. The van der Waals surface area contributed by atoms with E-state index < -0.39 is 6.04 Å². The number of ether oxygens (including phenoxy) is 1. The van der Waals surface area contributed by atoms with Gasteiger partial charge in [-0.15, -0.1) is 0 Å². The highest BCUT2D eigenvalue weighted by Gasteiger charge is 2.30. The minimum Gasteiger partial charge on any atom is -0.496 e. The Hall–Kier alpha value is -2.93. The van der Waals surface area contributed by atoms with E-state index in [2.05, 4.69) is 10.6 Å². The van der Waals surface area contributed by atoms with Crippen LogP contribution in [0, 0.1) is 6.92 Å². The SMILES string of the molecule is COc1cc([C@@H]2N=C(SCc3ccc(Cl)c(Cl)c3)NC(C)=C2C(=O)Nc2ccccc2)ccc1C. The summed E-state index contributed by atoms with van der Waals surface area (Å²) in [7, 11) is 1.64. The van der Waals surface area contributed by atoms with E-state index in [1.807, 2.05) is 74.5 Å². The summed E-state index contributed by atoms with van der Waals surface area (Å²) in [6, 6.07) is 20.4. The number of benzene rings is 3. The van der Waals surface area contributed by atoms with E-state index in [1.165, 1.54) is 11.8 Å². The van der Waals surface area contributed by atoms with Gasteiger partial charge in [-0.25, -0.2) is 4.99 Å². The molecular formula is C27H25Cl2N3O2S. The normalized spacial score (nSPS) is 15.3. The van der Waals surface area contributed by atoms with Gasteiger partial charge in [0, 0.05) is 17.1 Å². The predicted molar refractivity (Wildman–Crippen MR) is 147 cm³/mol. The number of aliphatic imine (C=N–C) groups is 1. The lowest BCUT2D eigenvalue weighted by Crippen LogP contribution is -2.32. The maximum absolute atomic E-state index is 13.4. The van der Waals surface area contributed by atoms with Gasteiger partial charge in [-0.05, 0) is 60.9 Å². The molecule has 3 aromatic rings. The van der Waals surface area contributed by atoms with E-state index in [0.717, 1.165) is 39.0 Å². The molecule has 1 atom stereocenters. The molecule has 1 aliphatic heterocycles. The van der Waals surface area contributed by atoms with Gasteiger partial charge in [0.25, 0.3) is 5.91 Å². The molecule has 180 valence electrons. The highest BCUT2D eigenvalue weighted by molar-refractivity contribution is 8.13. The maximum Gasteiger partial charge on any atom is 0.255 e. The number of aryl methyl sites for hydroxylation is 1. The minimum atomic E-state index is -0.495. The molecular weight excluding hydrogens is 501 g/mol. The van der Waals surface area contributed by atoms with Crippen LogP contribution in [0.4, 0.5) is 5.69 Å². The van der Waals surface area contributed by atoms with E-state index in [9.17, 15) is 4.79 Å². The van der Waals surface area contributed by atoms with Gasteiger partial charge in [-0.3, -0.25) is 4.79 Å². The largest absolute Gasteiger partial charge is 0.496 e. The molecule has 1 heterocycles. The Morgan fingerprint density at radius 3 is 2.54 bits per heavy atom. The lowest BCUT2D eigenvalue weighted by atomic mass is 9.94. The van der Waals surface area contributed by atoms with Crippen LogP contribution in [0.5, 0.6) is 5.75 Å². The number of carbonyl (C=O) groups is 1. The third kappa shape index (κ3) is 6.01. The average Bonchev–Trinajstić information content (AvgIpc) is 2.85. The summed E-state index contributed by atoms with van der Waals surface area (Å²) in [5.41, 5.74) is 4.94. The van der Waals surface area contributed by atoms with E-state index in [4.69, 9.17) is 32.9 Å². The van der Waals surface area contributed by atoms with E-state index in [0.29, 0.717) is 21.4 Å². The third-order valence-corrected chi connectivity index (χ3v) is 7.30. The molecule has 0 saturated heterocycles. The zero-order valence-corrected chi connectivity index (χ0v) is 21.9. The first-order valence-corrected chi connectivity index (χ1v) is 12.7. The molecule has 0 bridgehead atoms. The molecule has 5 nitrogen and oxygen atoms in total. The number of thioether (sulfide) groups is 1. The number of carbonyl (C=O) groups excluding carboxylic acids is 1. The van der Waals surface area contributed by atoms with Crippen LogP contribution in [0.1, 0.15) is 29.7 Å². The molecule has 0 fully saturated rings. The fraction of sp³-hybridized carbons (Fsp3) is 0.185. The molecule has 4 rings (SSSR count). The van der Waals surface area contributed by atoms with Crippen LogP contribution in [0.2, 0.25) is 10.0 Å². The number of allylic oxidation sites excluding steroid dienone is 1. The van der Waals surface area contributed by atoms with Crippen LogP contribution >= 0.6 is 35.0 Å². The first-order chi connectivity index (χ1) is 16.9. The Morgan fingerprint density at radius 2 is 1.83 bits per heavy atom. The molecule has 1 aliphatic rings. The second-order valence-electron chi connectivity index (χ2n) is 8.09. The topological polar surface area (TPSA) is 62.7 Å². The molecule has 35 heavy (non-hydrogen) atoms. The van der Waals surface area contributed by atoms with Gasteiger partial charge in [-0.2, -0.15) is 0 Å². The van der Waals surface area contributed by atoms with Gasteiger partial charge >= 0.3 is 0 Å². The lowest BCUT2D eigenvalue weighted by molar-refractivity contribution is -0.113. The van der Waals surface area contributed by atoms with Crippen molar-refractivity contribution in [1.29, 1.82) is 0 Å². The number of nitrogens with one attached hydrogen (secondary N) is 2. The lowest BCUT2D eigenvalue weighted by Gasteiger charge is -2.27. The van der Waals surface area contributed by atoms with Crippen molar-refractivity contribution in [2.45, 2.75) is 25.6 Å². The second-order valence-corrected chi connectivity index (χ2v) is 9.87. The van der Waals surface area contributed by atoms with Crippen molar-refractivity contribution in [1.82, 2.24) is 5.32 Å². The van der Waals surface area contributed by atoms with Crippen LogP contribution in [0.15, 0.2) is 83.0 Å². The molecule has 0 aromatic heterocycles. The van der Waals surface area contributed by atoms with Crippen LogP contribution in [-0.2, 0) is 10.5 Å². The quantitative estimate of drug-likeness (QED) is 0.358. The summed E-state index contributed by atoms with van der Waals surface area (Å²) in [5.74, 6) is 1.19. The Labute approximate surface area is 219 Å². The summed E-state index contributed by atoms with van der Waals surface area (Å²) < 4.78 is 5.54. The summed E-state index contributed by atoms with van der Waals surface area (Å²) in [5, 5.41) is 8.06. The number of halogens is 2. The second kappa shape index (κ2) is 11.2. The van der Waals surface area contributed by atoms with Crippen LogP contribution < -0.4 is 15.4 Å². The fourth-order valence-electron chi connectivity index (χ4n) is 3.76. The van der Waals surface area contributed by atoms with Crippen molar-refractivity contribution in [2.24, 2.45) is 4.99 Å². The van der Waals surface area contributed by atoms with Crippen LogP contribution in [0.3, 0.4) is 0 Å². The standard InChI is InChI=1S/C27H25Cl2N3O2S/c1-16-9-11-19(14-23(16)34-3)25-24(26(33)31-20-7-5-4-6-8-20)17(2)30-27(32-25)35-15-18-10-12-21(28)22(29)13-18/h4-14,25H,15H2,1-3H3,(H,30,32)(H,31,33)/t25-/m0/s1. The monoisotopic (exact) mass is 525 g/mol. The van der Waals surface area contributed by atoms with Crippen molar-refractivity contribution in [3.8, 4) is 5.75 Å². The Bertz CT molecular complexity index is 1310. The highest BCUT2D eigenvalue weighted by Crippen LogP contribution is 2.36. The Kier molecular flexibility index (Phi) is 8.06. The van der Waals surface area contributed by atoms with Crippen molar-refractivity contribution in [3.63, 3.8) is 0 Å². The van der Waals surface area contributed by atoms with E-state index >= 15 is 0 Å². The molecule has 3 aromatic carbocycles. The molecule has 0 aliphatic carbocycles. The Morgan fingerprint density at radius 1 is 1.06 bits per heavy atom. The van der Waals surface area contributed by atoms with Gasteiger partial charge in [0.2, 0.25) is 0 Å². The fourth-order valence-corrected chi connectivity index (χ4v) is 4.97. The summed E-state index contributed by atoms with van der Waals surface area (Å²) in [6.07, 6.45) is 0. The van der Waals surface area contributed by atoms with Crippen LogP contribution in [-0.4, -0.2) is 18.2 Å². The van der Waals surface area contributed by atoms with Gasteiger partial charge < -0.3 is 15.4 Å². The molecule has 8 heteroatoms. The number of amidine groups is 1. The predicted octanol–water partition coefficient (Wildman–Crippen LogP) is 7.16. The van der Waals surface area contributed by atoms with Crippen molar-refractivity contribution in [2.75, 3.05) is 12.4 Å². The number of nitrogens with zero attached hydrogens (tertiary/aromatic N) is 1.